The zero-order valence-electron chi connectivity index (χ0n) is 11.7. The summed E-state index contributed by atoms with van der Waals surface area (Å²) in [6.45, 7) is 1.38. The molecule has 0 saturated heterocycles. The summed E-state index contributed by atoms with van der Waals surface area (Å²) in [6.07, 6.45) is 6.38. The Hall–Kier alpha value is -1.24. The predicted molar refractivity (Wildman–Crippen MR) is 81.5 cm³/mol. The molecule has 20 heavy (non-hydrogen) atoms. The molecule has 1 atom stereocenters. The molecule has 0 aliphatic heterocycles. The fraction of sp³-hybridized carbons (Fsp3) is 0.429. The lowest BCUT2D eigenvalue weighted by molar-refractivity contribution is 0.181. The molecule has 2 heterocycles. The van der Waals surface area contributed by atoms with Crippen LogP contribution in [-0.4, -0.2) is 35.5 Å². The molecule has 1 N–H and O–H groups in total. The molecule has 0 fully saturated rings. The molecule has 2 aromatic heterocycles. The summed E-state index contributed by atoms with van der Waals surface area (Å²) in [5, 5.41) is 7.75. The topological polar surface area (TPSA) is 52.0 Å². The number of likely N-dealkylation sites (N-methyl/N-ethyl adjacent to an activating group) is 1. The third-order valence-corrected chi connectivity index (χ3v) is 3.79. The number of halogens is 1. The van der Waals surface area contributed by atoms with E-state index in [1.165, 1.54) is 5.56 Å². The first-order valence-electron chi connectivity index (χ1n) is 6.52. The maximum Gasteiger partial charge on any atom is 0.0700 e. The van der Waals surface area contributed by atoms with E-state index in [0.717, 1.165) is 23.1 Å². The summed E-state index contributed by atoms with van der Waals surface area (Å²) in [7, 11) is 3.66. The third kappa shape index (κ3) is 3.65. The first kappa shape index (κ1) is 15.2. The SMILES string of the molecule is CNC(Cc1cccnc1)c1c(Br)cnn1CCOC. The zero-order chi connectivity index (χ0) is 14.4. The van der Waals surface area contributed by atoms with Gasteiger partial charge in [-0.1, -0.05) is 6.07 Å². The van der Waals surface area contributed by atoms with Gasteiger partial charge in [-0.15, -0.1) is 0 Å². The lowest BCUT2D eigenvalue weighted by Crippen LogP contribution is -2.24. The van der Waals surface area contributed by atoms with Crippen LogP contribution in [0.4, 0.5) is 0 Å². The van der Waals surface area contributed by atoms with E-state index in [2.05, 4.69) is 37.4 Å². The minimum Gasteiger partial charge on any atom is -0.383 e. The Balaban J connectivity index is 2.20. The fourth-order valence-corrected chi connectivity index (χ4v) is 2.74. The number of rotatable bonds is 7. The van der Waals surface area contributed by atoms with Crippen molar-refractivity contribution in [2.75, 3.05) is 20.8 Å². The largest absolute Gasteiger partial charge is 0.383 e. The Morgan fingerprint density at radius 2 is 2.30 bits per heavy atom. The van der Waals surface area contributed by atoms with E-state index in [-0.39, 0.29) is 6.04 Å². The highest BCUT2D eigenvalue weighted by atomic mass is 79.9. The molecule has 0 aliphatic rings. The Kier molecular flexibility index (Phi) is 5.70. The molecule has 0 aromatic carbocycles. The third-order valence-electron chi connectivity index (χ3n) is 3.18. The minimum absolute atomic E-state index is 0.174. The highest BCUT2D eigenvalue weighted by Crippen LogP contribution is 2.25. The van der Waals surface area contributed by atoms with Gasteiger partial charge in [0.15, 0.2) is 0 Å². The first-order chi connectivity index (χ1) is 9.76. The molecular formula is C14H19BrN4O. The number of methoxy groups -OCH3 is 1. The van der Waals surface area contributed by atoms with Crippen LogP contribution in [0.15, 0.2) is 35.2 Å². The van der Waals surface area contributed by atoms with Crippen molar-refractivity contribution in [3.8, 4) is 0 Å². The van der Waals surface area contributed by atoms with Crippen LogP contribution < -0.4 is 5.32 Å². The van der Waals surface area contributed by atoms with Crippen molar-refractivity contribution in [2.24, 2.45) is 0 Å². The van der Waals surface area contributed by atoms with Crippen molar-refractivity contribution in [1.29, 1.82) is 0 Å². The maximum absolute atomic E-state index is 5.14. The molecular weight excluding hydrogens is 320 g/mol. The van der Waals surface area contributed by atoms with Gasteiger partial charge in [0.1, 0.15) is 0 Å². The molecule has 0 saturated carbocycles. The molecule has 1 unspecified atom stereocenters. The van der Waals surface area contributed by atoms with Crippen LogP contribution in [0.1, 0.15) is 17.3 Å². The van der Waals surface area contributed by atoms with Crippen LogP contribution in [0.5, 0.6) is 0 Å². The van der Waals surface area contributed by atoms with Gasteiger partial charge in [-0.3, -0.25) is 9.67 Å². The Bertz CT molecular complexity index is 529. The number of aromatic nitrogens is 3. The monoisotopic (exact) mass is 338 g/mol. The van der Waals surface area contributed by atoms with Gasteiger partial charge < -0.3 is 10.1 Å². The molecule has 2 aromatic rings. The summed E-state index contributed by atoms with van der Waals surface area (Å²) in [4.78, 5) is 4.17. The van der Waals surface area contributed by atoms with Crippen molar-refractivity contribution >= 4 is 15.9 Å². The second kappa shape index (κ2) is 7.52. The standard InChI is InChI=1S/C14H19BrN4O/c1-16-13(8-11-4-3-5-17-9-11)14-12(15)10-18-19(14)6-7-20-2/h3-5,9-10,13,16H,6-8H2,1-2H3. The summed E-state index contributed by atoms with van der Waals surface area (Å²) in [5.74, 6) is 0. The number of nitrogens with zero attached hydrogens (tertiary/aromatic N) is 3. The number of hydrogen-bond acceptors (Lipinski definition) is 4. The van der Waals surface area contributed by atoms with E-state index >= 15 is 0 Å². The number of pyridine rings is 1. The van der Waals surface area contributed by atoms with E-state index < -0.39 is 0 Å². The van der Waals surface area contributed by atoms with Gasteiger partial charge in [-0.25, -0.2) is 0 Å². The summed E-state index contributed by atoms with van der Waals surface area (Å²) < 4.78 is 8.12. The Morgan fingerprint density at radius 1 is 1.45 bits per heavy atom. The van der Waals surface area contributed by atoms with Gasteiger partial charge in [-0.2, -0.15) is 5.10 Å². The van der Waals surface area contributed by atoms with Gasteiger partial charge >= 0.3 is 0 Å². The maximum atomic E-state index is 5.14. The van der Waals surface area contributed by atoms with Crippen molar-refractivity contribution in [3.05, 3.63) is 46.5 Å². The van der Waals surface area contributed by atoms with Crippen LogP contribution in [0.25, 0.3) is 0 Å². The molecule has 6 heteroatoms. The number of ether oxygens (including phenoxy) is 1. The van der Waals surface area contributed by atoms with Crippen LogP contribution in [0.2, 0.25) is 0 Å². The lowest BCUT2D eigenvalue weighted by atomic mass is 10.1. The second-order valence-electron chi connectivity index (χ2n) is 4.50. The summed E-state index contributed by atoms with van der Waals surface area (Å²) in [5.41, 5.74) is 2.33. The van der Waals surface area contributed by atoms with Crippen LogP contribution in [0, 0.1) is 0 Å². The van der Waals surface area contributed by atoms with Crippen LogP contribution in [0.3, 0.4) is 0 Å². The zero-order valence-corrected chi connectivity index (χ0v) is 13.3. The summed E-state index contributed by atoms with van der Waals surface area (Å²) in [6, 6.07) is 4.22. The molecule has 0 radical (unpaired) electrons. The van der Waals surface area contributed by atoms with Crippen molar-refractivity contribution in [3.63, 3.8) is 0 Å². The summed E-state index contributed by atoms with van der Waals surface area (Å²) >= 11 is 3.58. The van der Waals surface area contributed by atoms with Gasteiger partial charge in [0.25, 0.3) is 0 Å². The van der Waals surface area contributed by atoms with Crippen LogP contribution >= 0.6 is 15.9 Å². The highest BCUT2D eigenvalue weighted by Gasteiger charge is 2.19. The Morgan fingerprint density at radius 3 is 2.95 bits per heavy atom. The molecule has 5 nitrogen and oxygen atoms in total. The lowest BCUT2D eigenvalue weighted by Gasteiger charge is -2.19. The van der Waals surface area contributed by atoms with E-state index in [1.807, 2.05) is 30.2 Å². The molecule has 0 bridgehead atoms. The van der Waals surface area contributed by atoms with Gasteiger partial charge in [-0.05, 0) is 41.0 Å². The van der Waals surface area contributed by atoms with Gasteiger partial charge in [0, 0.05) is 19.5 Å². The van der Waals surface area contributed by atoms with Crippen molar-refractivity contribution < 1.29 is 4.74 Å². The van der Waals surface area contributed by atoms with Gasteiger partial charge in [0.2, 0.25) is 0 Å². The first-order valence-corrected chi connectivity index (χ1v) is 7.32. The molecule has 0 amide bonds. The Labute approximate surface area is 127 Å². The van der Waals surface area contributed by atoms with Crippen molar-refractivity contribution in [1.82, 2.24) is 20.1 Å². The minimum atomic E-state index is 0.174. The van der Waals surface area contributed by atoms with E-state index in [4.69, 9.17) is 4.74 Å². The fourth-order valence-electron chi connectivity index (χ4n) is 2.16. The predicted octanol–water partition coefficient (Wildman–Crippen LogP) is 2.19. The van der Waals surface area contributed by atoms with E-state index in [9.17, 15) is 0 Å². The quantitative estimate of drug-likeness (QED) is 0.840. The van der Waals surface area contributed by atoms with Gasteiger partial charge in [0.05, 0.1) is 35.6 Å². The van der Waals surface area contributed by atoms with Crippen LogP contribution in [-0.2, 0) is 17.7 Å². The van der Waals surface area contributed by atoms with E-state index in [1.54, 1.807) is 13.3 Å². The second-order valence-corrected chi connectivity index (χ2v) is 5.35. The number of nitrogens with one attached hydrogen (secondary N) is 1. The van der Waals surface area contributed by atoms with E-state index in [0.29, 0.717) is 6.61 Å². The normalized spacial score (nSPS) is 12.6. The van der Waals surface area contributed by atoms with Crippen molar-refractivity contribution in [2.45, 2.75) is 19.0 Å². The molecule has 0 spiro atoms. The smallest absolute Gasteiger partial charge is 0.0700 e. The highest BCUT2D eigenvalue weighted by molar-refractivity contribution is 9.10. The number of hydrogen-bond donors (Lipinski definition) is 1. The average Bonchev–Trinajstić information content (AvgIpc) is 2.84. The molecule has 108 valence electrons. The molecule has 2 rings (SSSR count). The average molecular weight is 339 g/mol. The molecule has 0 aliphatic carbocycles.